The first-order chi connectivity index (χ1) is 15.0. The van der Waals surface area contributed by atoms with Crippen LogP contribution in [0.1, 0.15) is 31.4 Å². The largest absolute Gasteiger partial charge is 0.489 e. The van der Waals surface area contributed by atoms with Gasteiger partial charge in [0, 0.05) is 38.6 Å². The number of carbonyl (C=O) groups excluding carboxylic acids is 1. The smallest absolute Gasteiger partial charge is 0.225 e. The van der Waals surface area contributed by atoms with E-state index < -0.39 is 0 Å². The molecule has 6 nitrogen and oxygen atoms in total. The van der Waals surface area contributed by atoms with Crippen molar-refractivity contribution in [3.63, 3.8) is 0 Å². The van der Waals surface area contributed by atoms with E-state index in [1.807, 2.05) is 49.1 Å². The molecule has 2 aromatic carbocycles. The number of amides is 1. The van der Waals surface area contributed by atoms with Crippen LogP contribution in [0.5, 0.6) is 5.75 Å². The minimum atomic E-state index is 0.0475. The van der Waals surface area contributed by atoms with Crippen LogP contribution in [0.15, 0.2) is 59.6 Å². The zero-order valence-corrected chi connectivity index (χ0v) is 18.8. The van der Waals surface area contributed by atoms with E-state index >= 15 is 0 Å². The SMILES string of the molecule is CN=C(NCCc1ccc(OCc2ccccc2)cc1)NC1CCN(C(=O)C(C)C)C1. The maximum absolute atomic E-state index is 12.2. The molecule has 1 aliphatic heterocycles. The molecular formula is C25H34N4O2. The lowest BCUT2D eigenvalue weighted by atomic mass is 10.1. The Balaban J connectivity index is 1.38. The van der Waals surface area contributed by atoms with Gasteiger partial charge in [0.15, 0.2) is 5.96 Å². The molecule has 0 spiro atoms. The minimum Gasteiger partial charge on any atom is -0.489 e. The summed E-state index contributed by atoms with van der Waals surface area (Å²) in [5, 5.41) is 6.82. The van der Waals surface area contributed by atoms with Gasteiger partial charge < -0.3 is 20.3 Å². The predicted molar refractivity (Wildman–Crippen MR) is 125 cm³/mol. The molecule has 1 unspecified atom stereocenters. The van der Waals surface area contributed by atoms with E-state index in [-0.39, 0.29) is 17.9 Å². The van der Waals surface area contributed by atoms with E-state index in [1.165, 1.54) is 5.56 Å². The van der Waals surface area contributed by atoms with E-state index in [1.54, 1.807) is 7.05 Å². The van der Waals surface area contributed by atoms with Crippen LogP contribution < -0.4 is 15.4 Å². The van der Waals surface area contributed by atoms with E-state index in [0.29, 0.717) is 6.61 Å². The molecule has 0 bridgehead atoms. The van der Waals surface area contributed by atoms with Gasteiger partial charge in [-0.05, 0) is 36.1 Å². The van der Waals surface area contributed by atoms with Gasteiger partial charge in [0.2, 0.25) is 5.91 Å². The predicted octanol–water partition coefficient (Wildman–Crippen LogP) is 3.23. The van der Waals surface area contributed by atoms with E-state index in [9.17, 15) is 4.79 Å². The van der Waals surface area contributed by atoms with Gasteiger partial charge in [0.05, 0.1) is 0 Å². The molecule has 0 aromatic heterocycles. The fourth-order valence-electron chi connectivity index (χ4n) is 3.65. The topological polar surface area (TPSA) is 66.0 Å². The van der Waals surface area contributed by atoms with Crippen molar-refractivity contribution in [3.05, 3.63) is 65.7 Å². The molecule has 2 aromatic rings. The molecule has 1 atom stereocenters. The third-order valence-corrected chi connectivity index (χ3v) is 5.44. The molecular weight excluding hydrogens is 388 g/mol. The molecule has 31 heavy (non-hydrogen) atoms. The van der Waals surface area contributed by atoms with Crippen LogP contribution in [-0.4, -0.2) is 49.5 Å². The number of guanidine groups is 1. The van der Waals surface area contributed by atoms with Crippen molar-refractivity contribution in [1.29, 1.82) is 0 Å². The molecule has 1 fully saturated rings. The summed E-state index contributed by atoms with van der Waals surface area (Å²) in [4.78, 5) is 18.4. The average molecular weight is 423 g/mol. The lowest BCUT2D eigenvalue weighted by molar-refractivity contribution is -0.133. The summed E-state index contributed by atoms with van der Waals surface area (Å²) in [6.45, 7) is 6.81. The molecule has 166 valence electrons. The third-order valence-electron chi connectivity index (χ3n) is 5.44. The Kier molecular flexibility index (Phi) is 8.33. The molecule has 1 saturated heterocycles. The molecule has 1 amide bonds. The minimum absolute atomic E-state index is 0.0475. The van der Waals surface area contributed by atoms with Gasteiger partial charge in [-0.3, -0.25) is 9.79 Å². The van der Waals surface area contributed by atoms with E-state index in [4.69, 9.17) is 4.74 Å². The number of nitrogens with zero attached hydrogens (tertiary/aromatic N) is 2. The van der Waals surface area contributed by atoms with Gasteiger partial charge in [-0.1, -0.05) is 56.3 Å². The Morgan fingerprint density at radius 2 is 1.87 bits per heavy atom. The number of hydrogen-bond donors (Lipinski definition) is 2. The standard InChI is InChI=1S/C25H34N4O2/c1-19(2)24(30)29-16-14-22(17-29)28-25(26-3)27-15-13-20-9-11-23(12-10-20)31-18-21-7-5-4-6-8-21/h4-12,19,22H,13-18H2,1-3H3,(H2,26,27,28). The molecule has 6 heteroatoms. The highest BCUT2D eigenvalue weighted by Crippen LogP contribution is 2.15. The van der Waals surface area contributed by atoms with Crippen molar-refractivity contribution in [3.8, 4) is 5.75 Å². The first-order valence-corrected chi connectivity index (χ1v) is 11.1. The first-order valence-electron chi connectivity index (χ1n) is 11.1. The normalized spacial score (nSPS) is 16.5. The van der Waals surface area contributed by atoms with Gasteiger partial charge in [-0.2, -0.15) is 0 Å². The second kappa shape index (κ2) is 11.4. The Labute approximate surface area is 185 Å². The highest BCUT2D eigenvalue weighted by Gasteiger charge is 2.27. The Morgan fingerprint density at radius 3 is 2.55 bits per heavy atom. The summed E-state index contributed by atoms with van der Waals surface area (Å²) in [6.07, 6.45) is 1.84. The Hall–Kier alpha value is -3.02. The third kappa shape index (κ3) is 7.02. The summed E-state index contributed by atoms with van der Waals surface area (Å²) in [7, 11) is 1.78. The van der Waals surface area contributed by atoms with Crippen LogP contribution in [0.2, 0.25) is 0 Å². The monoisotopic (exact) mass is 422 g/mol. The molecule has 3 rings (SSSR count). The van der Waals surface area contributed by atoms with E-state index in [2.05, 4.69) is 39.9 Å². The molecule has 1 heterocycles. The highest BCUT2D eigenvalue weighted by atomic mass is 16.5. The average Bonchev–Trinajstić information content (AvgIpc) is 3.26. The Bertz CT molecular complexity index is 850. The van der Waals surface area contributed by atoms with Crippen LogP contribution >= 0.6 is 0 Å². The second-order valence-electron chi connectivity index (χ2n) is 8.24. The summed E-state index contributed by atoms with van der Waals surface area (Å²) in [6, 6.07) is 18.7. The number of carbonyl (C=O) groups is 1. The maximum Gasteiger partial charge on any atom is 0.225 e. The van der Waals surface area contributed by atoms with Crippen LogP contribution in [0.25, 0.3) is 0 Å². The summed E-state index contributed by atoms with van der Waals surface area (Å²) in [5.41, 5.74) is 2.40. The number of benzene rings is 2. The number of hydrogen-bond acceptors (Lipinski definition) is 3. The number of nitrogens with one attached hydrogen (secondary N) is 2. The van der Waals surface area contributed by atoms with Crippen LogP contribution in [0, 0.1) is 5.92 Å². The van der Waals surface area contributed by atoms with Crippen molar-refractivity contribution in [1.82, 2.24) is 15.5 Å². The number of ether oxygens (including phenoxy) is 1. The van der Waals surface area contributed by atoms with Crippen molar-refractivity contribution in [2.45, 2.75) is 39.3 Å². The van der Waals surface area contributed by atoms with Crippen molar-refractivity contribution in [2.24, 2.45) is 10.9 Å². The van der Waals surface area contributed by atoms with E-state index in [0.717, 1.165) is 49.7 Å². The highest BCUT2D eigenvalue weighted by molar-refractivity contribution is 5.81. The maximum atomic E-state index is 12.2. The number of likely N-dealkylation sites (tertiary alicyclic amines) is 1. The quantitative estimate of drug-likeness (QED) is 0.506. The lowest BCUT2D eigenvalue weighted by Gasteiger charge is -2.20. The lowest BCUT2D eigenvalue weighted by Crippen LogP contribution is -2.45. The van der Waals surface area contributed by atoms with Crippen molar-refractivity contribution < 1.29 is 9.53 Å². The molecule has 0 saturated carbocycles. The van der Waals surface area contributed by atoms with Crippen molar-refractivity contribution in [2.75, 3.05) is 26.7 Å². The first kappa shape index (κ1) is 22.7. The number of rotatable bonds is 8. The van der Waals surface area contributed by atoms with Gasteiger partial charge in [0.25, 0.3) is 0 Å². The van der Waals surface area contributed by atoms with Crippen LogP contribution in [0.3, 0.4) is 0 Å². The zero-order chi connectivity index (χ0) is 22.1. The summed E-state index contributed by atoms with van der Waals surface area (Å²) in [5.74, 6) is 1.93. The summed E-state index contributed by atoms with van der Waals surface area (Å²) >= 11 is 0. The molecule has 2 N–H and O–H groups in total. The number of aliphatic imine (C=N–C) groups is 1. The fourth-order valence-corrected chi connectivity index (χ4v) is 3.65. The zero-order valence-electron chi connectivity index (χ0n) is 18.8. The van der Waals surface area contributed by atoms with Gasteiger partial charge in [-0.15, -0.1) is 0 Å². The molecule has 0 radical (unpaired) electrons. The fraction of sp³-hybridized carbons (Fsp3) is 0.440. The van der Waals surface area contributed by atoms with Crippen molar-refractivity contribution >= 4 is 11.9 Å². The van der Waals surface area contributed by atoms with Crippen LogP contribution in [0.4, 0.5) is 0 Å². The van der Waals surface area contributed by atoms with Crippen LogP contribution in [-0.2, 0) is 17.8 Å². The Morgan fingerprint density at radius 1 is 1.13 bits per heavy atom. The summed E-state index contributed by atoms with van der Waals surface area (Å²) < 4.78 is 5.85. The van der Waals surface area contributed by atoms with Gasteiger partial charge in [-0.25, -0.2) is 0 Å². The molecule has 1 aliphatic rings. The van der Waals surface area contributed by atoms with Gasteiger partial charge in [0.1, 0.15) is 12.4 Å². The van der Waals surface area contributed by atoms with Gasteiger partial charge >= 0.3 is 0 Å². The molecule has 0 aliphatic carbocycles. The second-order valence-corrected chi connectivity index (χ2v) is 8.24.